The van der Waals surface area contributed by atoms with Gasteiger partial charge in [0.05, 0.1) is 5.69 Å². The van der Waals surface area contributed by atoms with Crippen LogP contribution in [0.25, 0.3) is 0 Å². The zero-order chi connectivity index (χ0) is 12.5. The largest absolute Gasteiger partial charge is 0.367 e. The van der Waals surface area contributed by atoms with Gasteiger partial charge in [-0.05, 0) is 57.3 Å². The molecule has 2 rings (SSSR count). The molecule has 17 heavy (non-hydrogen) atoms. The van der Waals surface area contributed by atoms with Crippen LogP contribution in [0.4, 0.5) is 5.69 Å². The summed E-state index contributed by atoms with van der Waals surface area (Å²) in [6.45, 7) is 7.68. The summed E-state index contributed by atoms with van der Waals surface area (Å²) < 4.78 is 2.32. The lowest BCUT2D eigenvalue weighted by molar-refractivity contribution is 0.314. The number of piperazine rings is 1. The van der Waals surface area contributed by atoms with Crippen LogP contribution < -0.4 is 10.2 Å². The van der Waals surface area contributed by atoms with Crippen molar-refractivity contribution in [3.63, 3.8) is 0 Å². The number of nitrogens with one attached hydrogen (secondary N) is 1. The first-order valence-electron chi connectivity index (χ1n) is 6.00. The first-order chi connectivity index (χ1) is 8.06. The van der Waals surface area contributed by atoms with Gasteiger partial charge >= 0.3 is 0 Å². The van der Waals surface area contributed by atoms with Crippen LogP contribution in [0.2, 0.25) is 0 Å². The highest BCUT2D eigenvalue weighted by Gasteiger charge is 2.30. The molecule has 0 saturated carbocycles. The number of anilines is 1. The summed E-state index contributed by atoms with van der Waals surface area (Å²) in [5, 5.41) is 3.61. The molecule has 2 nitrogen and oxygen atoms in total. The first-order valence-corrected chi connectivity index (χ1v) is 7.58. The fourth-order valence-corrected chi connectivity index (χ4v) is 3.77. The van der Waals surface area contributed by atoms with Gasteiger partial charge in [-0.1, -0.05) is 13.0 Å². The molecule has 0 amide bonds. The summed E-state index contributed by atoms with van der Waals surface area (Å²) in [7, 11) is 0. The molecule has 0 aromatic heterocycles. The van der Waals surface area contributed by atoms with Crippen molar-refractivity contribution in [1.29, 1.82) is 0 Å². The van der Waals surface area contributed by atoms with E-state index in [-0.39, 0.29) is 5.54 Å². The van der Waals surface area contributed by atoms with Crippen molar-refractivity contribution in [1.82, 2.24) is 5.32 Å². The Kier molecular flexibility index (Phi) is 4.16. The SMILES string of the molecule is CCC1(C)CN(c2c(Br)cccc2Br)CCN1. The van der Waals surface area contributed by atoms with Gasteiger partial charge in [-0.15, -0.1) is 0 Å². The molecule has 0 bridgehead atoms. The quantitative estimate of drug-likeness (QED) is 0.862. The van der Waals surface area contributed by atoms with Crippen molar-refractivity contribution in [2.45, 2.75) is 25.8 Å². The highest BCUT2D eigenvalue weighted by molar-refractivity contribution is 9.11. The van der Waals surface area contributed by atoms with E-state index in [2.05, 4.69) is 74.1 Å². The highest BCUT2D eigenvalue weighted by Crippen LogP contribution is 2.35. The van der Waals surface area contributed by atoms with E-state index in [0.717, 1.165) is 35.0 Å². The van der Waals surface area contributed by atoms with E-state index >= 15 is 0 Å². The topological polar surface area (TPSA) is 15.3 Å². The minimum absolute atomic E-state index is 0.215. The number of rotatable bonds is 2. The predicted octanol–water partition coefficient (Wildman–Crippen LogP) is 3.79. The van der Waals surface area contributed by atoms with Gasteiger partial charge in [0.15, 0.2) is 0 Å². The third kappa shape index (κ3) is 2.85. The average Bonchev–Trinajstić information content (AvgIpc) is 2.29. The van der Waals surface area contributed by atoms with Crippen LogP contribution in [0.3, 0.4) is 0 Å². The molecule has 1 atom stereocenters. The van der Waals surface area contributed by atoms with Gasteiger partial charge in [0, 0.05) is 34.1 Å². The maximum Gasteiger partial charge on any atom is 0.0656 e. The van der Waals surface area contributed by atoms with Gasteiger partial charge in [0.25, 0.3) is 0 Å². The van der Waals surface area contributed by atoms with Gasteiger partial charge in [0.2, 0.25) is 0 Å². The molecule has 1 saturated heterocycles. The van der Waals surface area contributed by atoms with Crippen LogP contribution in [0.5, 0.6) is 0 Å². The van der Waals surface area contributed by atoms with Crippen LogP contribution in [0.1, 0.15) is 20.3 Å². The number of nitrogens with zero attached hydrogens (tertiary/aromatic N) is 1. The number of para-hydroxylation sites is 1. The molecule has 0 aliphatic carbocycles. The monoisotopic (exact) mass is 360 g/mol. The second-order valence-corrected chi connectivity index (χ2v) is 6.54. The van der Waals surface area contributed by atoms with Crippen molar-refractivity contribution in [2.24, 2.45) is 0 Å². The Morgan fingerprint density at radius 1 is 1.35 bits per heavy atom. The predicted molar refractivity (Wildman–Crippen MR) is 80.8 cm³/mol. The summed E-state index contributed by atoms with van der Waals surface area (Å²) in [6.07, 6.45) is 1.14. The van der Waals surface area contributed by atoms with Gasteiger partial charge in [-0.25, -0.2) is 0 Å². The van der Waals surface area contributed by atoms with E-state index in [1.165, 1.54) is 5.69 Å². The second kappa shape index (κ2) is 5.29. The van der Waals surface area contributed by atoms with E-state index in [0.29, 0.717) is 0 Å². The van der Waals surface area contributed by atoms with Gasteiger partial charge < -0.3 is 10.2 Å². The normalized spacial score (nSPS) is 25.1. The first kappa shape index (κ1) is 13.4. The maximum atomic E-state index is 3.65. The molecule has 0 spiro atoms. The van der Waals surface area contributed by atoms with Gasteiger partial charge in [0.1, 0.15) is 0 Å². The molecule has 1 aliphatic heterocycles. The molecule has 1 aromatic rings. The third-order valence-electron chi connectivity index (χ3n) is 3.51. The van der Waals surface area contributed by atoms with E-state index in [1.54, 1.807) is 0 Å². The lowest BCUT2D eigenvalue weighted by Gasteiger charge is -2.42. The fraction of sp³-hybridized carbons (Fsp3) is 0.538. The summed E-state index contributed by atoms with van der Waals surface area (Å²) in [5.74, 6) is 0. The van der Waals surface area contributed by atoms with Crippen molar-refractivity contribution >= 4 is 37.5 Å². The molecule has 4 heteroatoms. The zero-order valence-corrected chi connectivity index (χ0v) is 13.4. The molecular formula is C13H18Br2N2. The molecule has 1 unspecified atom stereocenters. The molecule has 1 fully saturated rings. The molecule has 1 aromatic carbocycles. The summed E-state index contributed by atoms with van der Waals surface area (Å²) >= 11 is 7.30. The second-order valence-electron chi connectivity index (χ2n) is 4.83. The minimum atomic E-state index is 0.215. The molecule has 94 valence electrons. The van der Waals surface area contributed by atoms with Crippen molar-refractivity contribution in [3.05, 3.63) is 27.1 Å². The summed E-state index contributed by atoms with van der Waals surface area (Å²) in [5.41, 5.74) is 1.49. The molecule has 1 heterocycles. The molecule has 1 aliphatic rings. The Morgan fingerprint density at radius 3 is 2.59 bits per heavy atom. The zero-order valence-electron chi connectivity index (χ0n) is 10.3. The maximum absolute atomic E-state index is 3.65. The molecule has 0 radical (unpaired) electrons. The summed E-state index contributed by atoms with van der Waals surface area (Å²) in [4.78, 5) is 2.45. The van der Waals surface area contributed by atoms with Crippen LogP contribution in [0, 0.1) is 0 Å². The van der Waals surface area contributed by atoms with Gasteiger partial charge in [-0.3, -0.25) is 0 Å². The standard InChI is InChI=1S/C13H18Br2N2/c1-3-13(2)9-17(8-7-16-13)12-10(14)5-4-6-11(12)15/h4-6,16H,3,7-9H2,1-2H3. The lowest BCUT2D eigenvalue weighted by atomic mass is 9.95. The third-order valence-corrected chi connectivity index (χ3v) is 4.79. The Balaban J connectivity index is 2.28. The number of halogens is 2. The Hall–Kier alpha value is -0.0600. The van der Waals surface area contributed by atoms with Gasteiger partial charge in [-0.2, -0.15) is 0 Å². The smallest absolute Gasteiger partial charge is 0.0656 e. The fourth-order valence-electron chi connectivity index (χ4n) is 2.27. The lowest BCUT2D eigenvalue weighted by Crippen LogP contribution is -2.58. The Morgan fingerprint density at radius 2 is 2.00 bits per heavy atom. The van der Waals surface area contributed by atoms with Crippen LogP contribution >= 0.6 is 31.9 Å². The van der Waals surface area contributed by atoms with E-state index in [1.807, 2.05) is 0 Å². The number of hydrogen-bond donors (Lipinski definition) is 1. The minimum Gasteiger partial charge on any atom is -0.367 e. The van der Waals surface area contributed by atoms with Crippen molar-refractivity contribution in [3.8, 4) is 0 Å². The summed E-state index contributed by atoms with van der Waals surface area (Å²) in [6, 6.07) is 6.26. The average molecular weight is 362 g/mol. The molecular weight excluding hydrogens is 344 g/mol. The Labute approximate surface area is 120 Å². The van der Waals surface area contributed by atoms with Crippen LogP contribution in [-0.2, 0) is 0 Å². The number of hydrogen-bond acceptors (Lipinski definition) is 2. The van der Waals surface area contributed by atoms with Crippen molar-refractivity contribution < 1.29 is 0 Å². The van der Waals surface area contributed by atoms with E-state index < -0.39 is 0 Å². The van der Waals surface area contributed by atoms with Crippen LogP contribution in [-0.4, -0.2) is 25.2 Å². The number of benzene rings is 1. The van der Waals surface area contributed by atoms with E-state index in [9.17, 15) is 0 Å². The Bertz CT molecular complexity index is 388. The highest BCUT2D eigenvalue weighted by atomic mass is 79.9. The molecule has 1 N–H and O–H groups in total. The van der Waals surface area contributed by atoms with Crippen LogP contribution in [0.15, 0.2) is 27.1 Å². The van der Waals surface area contributed by atoms with Crippen molar-refractivity contribution in [2.75, 3.05) is 24.5 Å². The van der Waals surface area contributed by atoms with E-state index in [4.69, 9.17) is 0 Å².